The number of hydrogen-bond donors (Lipinski definition) is 1. The molecule has 0 spiro atoms. The van der Waals surface area contributed by atoms with Gasteiger partial charge < -0.3 is 10.2 Å². The first-order valence-corrected chi connectivity index (χ1v) is 7.92. The fraction of sp³-hybridized carbons (Fsp3) is 0.647. The predicted octanol–water partition coefficient (Wildman–Crippen LogP) is 3.70. The van der Waals surface area contributed by atoms with Crippen LogP contribution in [0.4, 0.5) is 10.1 Å². The Labute approximate surface area is 121 Å². The molecule has 3 rings (SSSR count). The number of benzene rings is 1. The summed E-state index contributed by atoms with van der Waals surface area (Å²) in [5.74, 6) is 0.711. The zero-order valence-corrected chi connectivity index (χ0v) is 12.5. The number of anilines is 1. The molecule has 0 radical (unpaired) electrons. The number of halogens is 1. The predicted molar refractivity (Wildman–Crippen MR) is 81.5 cm³/mol. The Morgan fingerprint density at radius 1 is 1.25 bits per heavy atom. The van der Waals surface area contributed by atoms with Gasteiger partial charge in [0, 0.05) is 30.9 Å². The third-order valence-corrected chi connectivity index (χ3v) is 4.28. The molecular weight excluding hydrogens is 251 g/mol. The summed E-state index contributed by atoms with van der Waals surface area (Å²) in [6.45, 7) is 6.35. The highest BCUT2D eigenvalue weighted by molar-refractivity contribution is 5.54. The van der Waals surface area contributed by atoms with Gasteiger partial charge in [0.15, 0.2) is 0 Å². The lowest BCUT2D eigenvalue weighted by molar-refractivity contribution is 0.609. The van der Waals surface area contributed by atoms with Crippen LogP contribution < -0.4 is 10.2 Å². The minimum absolute atomic E-state index is 0.128. The molecule has 2 aliphatic rings. The number of rotatable bonds is 7. The largest absolute Gasteiger partial charge is 0.369 e. The smallest absolute Gasteiger partial charge is 0.123 e. The molecule has 0 atom stereocenters. The van der Waals surface area contributed by atoms with E-state index in [1.807, 2.05) is 6.07 Å². The Kier molecular flexibility index (Phi) is 3.97. The van der Waals surface area contributed by atoms with Crippen LogP contribution in [0.3, 0.4) is 0 Å². The van der Waals surface area contributed by atoms with Gasteiger partial charge in [-0.2, -0.15) is 0 Å². The van der Waals surface area contributed by atoms with E-state index in [-0.39, 0.29) is 5.82 Å². The van der Waals surface area contributed by atoms with Crippen molar-refractivity contribution in [3.63, 3.8) is 0 Å². The second kappa shape index (κ2) is 5.72. The molecule has 2 saturated carbocycles. The summed E-state index contributed by atoms with van der Waals surface area (Å²) >= 11 is 0. The Balaban J connectivity index is 1.79. The Hall–Kier alpha value is -1.09. The number of nitrogens with zero attached hydrogens (tertiary/aromatic N) is 1. The highest BCUT2D eigenvalue weighted by atomic mass is 19.1. The van der Waals surface area contributed by atoms with E-state index in [0.717, 1.165) is 24.6 Å². The summed E-state index contributed by atoms with van der Waals surface area (Å²) in [5, 5.41) is 3.51. The van der Waals surface area contributed by atoms with E-state index in [1.54, 1.807) is 12.1 Å². The molecule has 0 bridgehead atoms. The molecule has 1 N–H and O–H groups in total. The number of hydrogen-bond acceptors (Lipinski definition) is 2. The molecule has 110 valence electrons. The maximum atomic E-state index is 13.6. The van der Waals surface area contributed by atoms with E-state index in [9.17, 15) is 4.39 Å². The summed E-state index contributed by atoms with van der Waals surface area (Å²) in [6, 6.07) is 6.37. The first kappa shape index (κ1) is 13.9. The van der Waals surface area contributed by atoms with Crippen molar-refractivity contribution in [1.82, 2.24) is 5.32 Å². The average molecular weight is 276 g/mol. The van der Waals surface area contributed by atoms with Crippen LogP contribution in [0.25, 0.3) is 0 Å². The molecule has 0 saturated heterocycles. The van der Waals surface area contributed by atoms with Crippen LogP contribution in [0.1, 0.15) is 45.1 Å². The molecule has 2 nitrogen and oxygen atoms in total. The van der Waals surface area contributed by atoms with Gasteiger partial charge in [-0.1, -0.05) is 0 Å². The summed E-state index contributed by atoms with van der Waals surface area (Å²) in [5.41, 5.74) is 2.31. The van der Waals surface area contributed by atoms with Crippen LogP contribution in [0.5, 0.6) is 0 Å². The van der Waals surface area contributed by atoms with E-state index in [2.05, 4.69) is 24.1 Å². The van der Waals surface area contributed by atoms with Gasteiger partial charge in [-0.15, -0.1) is 0 Å². The van der Waals surface area contributed by atoms with E-state index < -0.39 is 0 Å². The average Bonchev–Trinajstić information content (AvgIpc) is 3.28. The first-order valence-electron chi connectivity index (χ1n) is 7.92. The van der Waals surface area contributed by atoms with Gasteiger partial charge in [0.1, 0.15) is 5.82 Å². The molecule has 0 unspecified atom stereocenters. The molecule has 2 fully saturated rings. The molecule has 1 aromatic carbocycles. The topological polar surface area (TPSA) is 15.3 Å². The van der Waals surface area contributed by atoms with E-state index in [4.69, 9.17) is 0 Å². The summed E-state index contributed by atoms with van der Waals surface area (Å²) in [4.78, 5) is 2.45. The third-order valence-electron chi connectivity index (χ3n) is 4.28. The lowest BCUT2D eigenvalue weighted by atomic mass is 10.1. The van der Waals surface area contributed by atoms with Crippen molar-refractivity contribution >= 4 is 5.69 Å². The summed E-state index contributed by atoms with van der Waals surface area (Å²) in [6.07, 6.45) is 5.22. The van der Waals surface area contributed by atoms with Crippen LogP contribution in [0.2, 0.25) is 0 Å². The Morgan fingerprint density at radius 3 is 2.60 bits per heavy atom. The molecule has 3 heteroatoms. The molecular formula is C17H25FN2. The van der Waals surface area contributed by atoms with Crippen molar-refractivity contribution in [1.29, 1.82) is 0 Å². The second-order valence-electron chi connectivity index (χ2n) is 6.62. The zero-order valence-electron chi connectivity index (χ0n) is 12.5. The van der Waals surface area contributed by atoms with Crippen molar-refractivity contribution in [3.8, 4) is 0 Å². The lowest BCUT2D eigenvalue weighted by Crippen LogP contribution is -2.34. The van der Waals surface area contributed by atoms with Gasteiger partial charge in [0.05, 0.1) is 0 Å². The van der Waals surface area contributed by atoms with Gasteiger partial charge in [0.25, 0.3) is 0 Å². The minimum atomic E-state index is -0.128. The molecule has 0 aromatic heterocycles. The van der Waals surface area contributed by atoms with E-state index in [1.165, 1.54) is 31.4 Å². The quantitative estimate of drug-likeness (QED) is 0.817. The molecule has 2 aliphatic carbocycles. The third kappa shape index (κ3) is 3.51. The maximum absolute atomic E-state index is 13.6. The SMILES string of the molecule is CC(C)N(CC1CC1)c1ccc(F)cc1CNC1CC1. The zero-order chi connectivity index (χ0) is 14.1. The van der Waals surface area contributed by atoms with Gasteiger partial charge in [-0.3, -0.25) is 0 Å². The van der Waals surface area contributed by atoms with Crippen molar-refractivity contribution in [2.45, 2.75) is 58.2 Å². The highest BCUT2D eigenvalue weighted by Gasteiger charge is 2.27. The first-order chi connectivity index (χ1) is 9.63. The van der Waals surface area contributed by atoms with Crippen LogP contribution >= 0.6 is 0 Å². The molecule has 0 amide bonds. The van der Waals surface area contributed by atoms with Gasteiger partial charge >= 0.3 is 0 Å². The maximum Gasteiger partial charge on any atom is 0.123 e. The molecule has 0 heterocycles. The summed E-state index contributed by atoms with van der Waals surface area (Å²) < 4.78 is 13.6. The van der Waals surface area contributed by atoms with Crippen LogP contribution in [0, 0.1) is 11.7 Å². The molecule has 0 aliphatic heterocycles. The van der Waals surface area contributed by atoms with Gasteiger partial charge in [-0.25, -0.2) is 4.39 Å². The molecule has 20 heavy (non-hydrogen) atoms. The molecule has 1 aromatic rings. The monoisotopic (exact) mass is 276 g/mol. The Bertz CT molecular complexity index is 464. The van der Waals surface area contributed by atoms with E-state index >= 15 is 0 Å². The van der Waals surface area contributed by atoms with Crippen molar-refractivity contribution < 1.29 is 4.39 Å². The Morgan fingerprint density at radius 2 is 2.00 bits per heavy atom. The minimum Gasteiger partial charge on any atom is -0.369 e. The second-order valence-corrected chi connectivity index (χ2v) is 6.62. The van der Waals surface area contributed by atoms with Crippen LogP contribution in [0.15, 0.2) is 18.2 Å². The highest BCUT2D eigenvalue weighted by Crippen LogP contribution is 2.34. The summed E-state index contributed by atoms with van der Waals surface area (Å²) in [7, 11) is 0. The fourth-order valence-electron chi connectivity index (χ4n) is 2.68. The van der Waals surface area contributed by atoms with Crippen LogP contribution in [-0.4, -0.2) is 18.6 Å². The van der Waals surface area contributed by atoms with E-state index in [0.29, 0.717) is 12.1 Å². The van der Waals surface area contributed by atoms with Crippen molar-refractivity contribution in [3.05, 3.63) is 29.6 Å². The lowest BCUT2D eigenvalue weighted by Gasteiger charge is -2.31. The van der Waals surface area contributed by atoms with Crippen LogP contribution in [-0.2, 0) is 6.54 Å². The van der Waals surface area contributed by atoms with Crippen molar-refractivity contribution in [2.24, 2.45) is 5.92 Å². The van der Waals surface area contributed by atoms with Gasteiger partial charge in [-0.05, 0) is 69.2 Å². The fourth-order valence-corrected chi connectivity index (χ4v) is 2.68. The number of nitrogens with one attached hydrogen (secondary N) is 1. The normalized spacial score (nSPS) is 18.6. The van der Waals surface area contributed by atoms with Crippen molar-refractivity contribution in [2.75, 3.05) is 11.4 Å². The standard InChI is InChI=1S/C17H25FN2/c1-12(2)20(11-13-3-4-13)17-8-5-15(18)9-14(17)10-19-16-6-7-16/h5,8-9,12-13,16,19H,3-4,6-7,10-11H2,1-2H3. The van der Waals surface area contributed by atoms with Gasteiger partial charge in [0.2, 0.25) is 0 Å².